The third-order valence-electron chi connectivity index (χ3n) is 6.68. The van der Waals surface area contributed by atoms with Crippen molar-refractivity contribution in [1.29, 1.82) is 0 Å². The molecule has 0 bridgehead atoms. The molecule has 4 atom stereocenters. The number of aromatic nitrogens is 10. The van der Waals surface area contributed by atoms with Crippen LogP contribution in [0.5, 0.6) is 0 Å². The highest BCUT2D eigenvalue weighted by molar-refractivity contribution is 5.84. The lowest BCUT2D eigenvalue weighted by molar-refractivity contribution is -0.122. The Labute approximate surface area is 248 Å². The van der Waals surface area contributed by atoms with Crippen molar-refractivity contribution in [3.05, 3.63) is 30.4 Å². The van der Waals surface area contributed by atoms with Crippen LogP contribution in [-0.2, 0) is 23.0 Å². The molecule has 0 saturated carbocycles. The molecule has 1 fully saturated rings. The van der Waals surface area contributed by atoms with Gasteiger partial charge >= 0.3 is 0 Å². The third kappa shape index (κ3) is 7.60. The van der Waals surface area contributed by atoms with Crippen molar-refractivity contribution in [2.45, 2.75) is 78.0 Å². The molecule has 4 aromatic heterocycles. The fourth-order valence-electron chi connectivity index (χ4n) is 4.43. The van der Waals surface area contributed by atoms with Crippen LogP contribution in [0, 0.1) is 5.41 Å². The van der Waals surface area contributed by atoms with Crippen LogP contribution in [0.3, 0.4) is 0 Å². The second-order valence-electron chi connectivity index (χ2n) is 11.8. The number of rotatable bonds is 10. The molecule has 1 aliphatic rings. The number of hydrogen-bond donors (Lipinski definition) is 5. The normalized spacial score (nSPS) is 20.3. The predicted octanol–water partition coefficient (Wildman–Crippen LogP) is 1.32. The molecule has 5 rings (SSSR count). The van der Waals surface area contributed by atoms with Crippen LogP contribution >= 0.6 is 0 Å². The fourth-order valence-corrected chi connectivity index (χ4v) is 4.43. The molecule has 0 aliphatic carbocycles. The number of ether oxygens (including phenoxy) is 1. The first-order valence-electron chi connectivity index (χ1n) is 14.0. The minimum atomic E-state index is -1.28. The van der Waals surface area contributed by atoms with Crippen LogP contribution < -0.4 is 10.6 Å². The lowest BCUT2D eigenvalue weighted by Crippen LogP contribution is -2.29. The average molecular weight is 601 g/mol. The van der Waals surface area contributed by atoms with Crippen molar-refractivity contribution in [1.82, 2.24) is 49.3 Å². The SMILES string of the molecule is CC(C)n1nnc([C@H]2O[C@@H](n3cnc4c(NCCC(C)(C)C)nc(NCCc5cn(C)cn5)nc43)[C@H](O)[C@@H]2O)n1.O=CO. The van der Waals surface area contributed by atoms with Gasteiger partial charge in [-0.2, -0.15) is 14.8 Å². The van der Waals surface area contributed by atoms with Gasteiger partial charge in [0, 0.05) is 32.8 Å². The smallest absolute Gasteiger partial charge is 0.290 e. The van der Waals surface area contributed by atoms with Crippen LogP contribution in [-0.4, -0.2) is 96.4 Å². The van der Waals surface area contributed by atoms with Crippen molar-refractivity contribution in [2.24, 2.45) is 12.5 Å². The molecule has 1 saturated heterocycles. The van der Waals surface area contributed by atoms with Crippen molar-refractivity contribution >= 4 is 29.4 Å². The molecule has 43 heavy (non-hydrogen) atoms. The van der Waals surface area contributed by atoms with E-state index in [0.29, 0.717) is 42.4 Å². The zero-order chi connectivity index (χ0) is 31.3. The summed E-state index contributed by atoms with van der Waals surface area (Å²) in [6, 6.07) is -0.0115. The van der Waals surface area contributed by atoms with E-state index in [1.54, 1.807) is 10.9 Å². The number of carboxylic acid groups (broad SMARTS) is 1. The van der Waals surface area contributed by atoms with E-state index in [2.05, 4.69) is 56.8 Å². The Kier molecular flexibility index (Phi) is 9.87. The number of hydrogen-bond acceptors (Lipinski definition) is 13. The van der Waals surface area contributed by atoms with Gasteiger partial charge < -0.3 is 35.3 Å². The highest BCUT2D eigenvalue weighted by Gasteiger charge is 2.47. The van der Waals surface area contributed by atoms with Crippen molar-refractivity contribution in [2.75, 3.05) is 23.7 Å². The number of tetrazole rings is 1. The molecule has 4 aromatic rings. The Bertz CT molecular complexity index is 1490. The summed E-state index contributed by atoms with van der Waals surface area (Å²) in [5.41, 5.74) is 2.07. The standard InChI is InChI=1S/C25H38N12O3.CH2O2/c1-14(2)37-33-21(32-34-37)19-17(38)18(39)23(40-19)36-13-29-16-20(26-10-8-25(3,4)5)30-24(31-22(16)36)27-9-7-15-11-35(6)12-28-15;2-1-3/h11-14,17-19,23,38-39H,7-10H2,1-6H3,(H2,26,27,30,31);1H,(H,2,3)/t17-,18+,19-,23+;/m0./s1. The largest absolute Gasteiger partial charge is 0.483 e. The van der Waals surface area contributed by atoms with Crippen LogP contribution in [0.25, 0.3) is 11.2 Å². The van der Waals surface area contributed by atoms with E-state index < -0.39 is 24.5 Å². The molecule has 0 unspecified atom stereocenters. The van der Waals surface area contributed by atoms with E-state index in [1.165, 1.54) is 11.1 Å². The van der Waals surface area contributed by atoms with Gasteiger partial charge in [0.25, 0.3) is 6.47 Å². The summed E-state index contributed by atoms with van der Waals surface area (Å²) in [7, 11) is 1.93. The van der Waals surface area contributed by atoms with Gasteiger partial charge in [-0.3, -0.25) is 9.36 Å². The van der Waals surface area contributed by atoms with Gasteiger partial charge in [0.1, 0.15) is 12.2 Å². The monoisotopic (exact) mass is 600 g/mol. The predicted molar refractivity (Wildman–Crippen MR) is 155 cm³/mol. The minimum Gasteiger partial charge on any atom is -0.483 e. The number of aliphatic hydroxyl groups excluding tert-OH is 2. The Hall–Kier alpha value is -4.22. The molecule has 0 aromatic carbocycles. The lowest BCUT2D eigenvalue weighted by atomic mass is 9.92. The second kappa shape index (κ2) is 13.4. The van der Waals surface area contributed by atoms with Crippen molar-refractivity contribution in [3.8, 4) is 0 Å². The molecule has 1 aliphatic heterocycles. The van der Waals surface area contributed by atoms with Gasteiger partial charge in [0.05, 0.1) is 24.4 Å². The van der Waals surface area contributed by atoms with Gasteiger partial charge in [0.15, 0.2) is 29.3 Å². The topological polar surface area (TPSA) is 216 Å². The molecule has 234 valence electrons. The third-order valence-corrected chi connectivity index (χ3v) is 6.68. The number of nitrogens with zero attached hydrogens (tertiary/aromatic N) is 10. The number of aliphatic hydroxyl groups is 2. The first-order chi connectivity index (χ1) is 20.4. The summed E-state index contributed by atoms with van der Waals surface area (Å²) in [6.07, 6.45) is 2.39. The summed E-state index contributed by atoms with van der Waals surface area (Å²) in [6.45, 7) is 11.4. The number of nitrogens with one attached hydrogen (secondary N) is 2. The Morgan fingerprint density at radius 3 is 2.47 bits per heavy atom. The van der Waals surface area contributed by atoms with Crippen molar-refractivity contribution in [3.63, 3.8) is 0 Å². The molecule has 0 spiro atoms. The van der Waals surface area contributed by atoms with Gasteiger partial charge in [-0.05, 0) is 30.9 Å². The first-order valence-corrected chi connectivity index (χ1v) is 14.0. The first kappa shape index (κ1) is 31.7. The Morgan fingerprint density at radius 1 is 1.09 bits per heavy atom. The molecule has 17 heteroatoms. The van der Waals surface area contributed by atoms with Crippen LogP contribution in [0.1, 0.15) is 70.9 Å². The van der Waals surface area contributed by atoms with E-state index in [-0.39, 0.29) is 23.8 Å². The maximum absolute atomic E-state index is 11.0. The number of fused-ring (bicyclic) bond motifs is 1. The van der Waals surface area contributed by atoms with E-state index >= 15 is 0 Å². The molecule has 17 nitrogen and oxygen atoms in total. The van der Waals surface area contributed by atoms with E-state index in [0.717, 1.165) is 12.1 Å². The van der Waals surface area contributed by atoms with Gasteiger partial charge in [0.2, 0.25) is 11.8 Å². The molecule has 5 heterocycles. The van der Waals surface area contributed by atoms with Gasteiger partial charge in [-0.25, -0.2) is 9.97 Å². The fraction of sp³-hybridized carbons (Fsp3) is 0.615. The summed E-state index contributed by atoms with van der Waals surface area (Å²) in [5, 5.41) is 47.8. The summed E-state index contributed by atoms with van der Waals surface area (Å²) < 4.78 is 9.61. The highest BCUT2D eigenvalue weighted by atomic mass is 16.6. The number of imidazole rings is 2. The second-order valence-corrected chi connectivity index (χ2v) is 11.8. The molecular formula is C26H40N12O5. The summed E-state index contributed by atoms with van der Waals surface area (Å²) in [5.74, 6) is 1.16. The Balaban J connectivity index is 0.00000135. The van der Waals surface area contributed by atoms with Crippen LogP contribution in [0.2, 0.25) is 0 Å². The lowest BCUT2D eigenvalue weighted by Gasteiger charge is -2.19. The van der Waals surface area contributed by atoms with Gasteiger partial charge in [-0.1, -0.05) is 20.8 Å². The minimum absolute atomic E-state index is 0.0115. The Morgan fingerprint density at radius 2 is 1.84 bits per heavy atom. The summed E-state index contributed by atoms with van der Waals surface area (Å²) in [4.78, 5) is 28.1. The average Bonchev–Trinajstić information content (AvgIpc) is 3.72. The maximum atomic E-state index is 11.0. The van der Waals surface area contributed by atoms with E-state index in [9.17, 15) is 10.2 Å². The van der Waals surface area contributed by atoms with Crippen molar-refractivity contribution < 1.29 is 24.9 Å². The van der Waals surface area contributed by atoms with E-state index in [4.69, 9.17) is 24.6 Å². The zero-order valence-electron chi connectivity index (χ0n) is 25.2. The van der Waals surface area contributed by atoms with Gasteiger partial charge in [-0.15, -0.1) is 10.2 Å². The maximum Gasteiger partial charge on any atom is 0.290 e. The molecule has 0 amide bonds. The van der Waals surface area contributed by atoms with E-state index in [1.807, 2.05) is 31.7 Å². The molecular weight excluding hydrogens is 560 g/mol. The highest BCUT2D eigenvalue weighted by Crippen LogP contribution is 2.39. The van der Waals surface area contributed by atoms with Crippen LogP contribution in [0.15, 0.2) is 18.9 Å². The molecule has 0 radical (unpaired) electrons. The number of anilines is 2. The quantitative estimate of drug-likeness (QED) is 0.162. The zero-order valence-corrected chi connectivity index (χ0v) is 25.2. The number of aryl methyl sites for hydroxylation is 1. The summed E-state index contributed by atoms with van der Waals surface area (Å²) >= 11 is 0. The molecule has 5 N–H and O–H groups in total. The number of carbonyl (C=O) groups is 1. The van der Waals surface area contributed by atoms with Crippen LogP contribution in [0.4, 0.5) is 11.8 Å².